The van der Waals surface area contributed by atoms with Gasteiger partial charge in [0.1, 0.15) is 0 Å². The first kappa shape index (κ1) is 24.6. The zero-order valence-electron chi connectivity index (χ0n) is 13.4. The van der Waals surface area contributed by atoms with Crippen molar-refractivity contribution in [3.8, 4) is 0 Å². The van der Waals surface area contributed by atoms with Crippen LogP contribution >= 0.6 is 15.2 Å². The Balaban J connectivity index is 0. The number of hydrogen-bond acceptors (Lipinski definition) is 6. The SMILES string of the molecule is [B]C[C@@H](COP(C)(=O)O)OC.[B]C[C@H](COP(C)(=O)O)OC. The van der Waals surface area contributed by atoms with Gasteiger partial charge in [0, 0.05) is 27.5 Å². The first-order valence-corrected chi connectivity index (χ1v) is 10.4. The lowest BCUT2D eigenvalue weighted by molar-refractivity contribution is 0.0680. The van der Waals surface area contributed by atoms with Crippen LogP contribution in [0.25, 0.3) is 0 Å². The second-order valence-corrected chi connectivity index (χ2v) is 8.11. The van der Waals surface area contributed by atoms with Gasteiger partial charge in [-0.3, -0.25) is 9.13 Å². The van der Waals surface area contributed by atoms with Crippen molar-refractivity contribution in [2.75, 3.05) is 40.8 Å². The minimum absolute atomic E-state index is 0.0529. The van der Waals surface area contributed by atoms with Crippen molar-refractivity contribution in [3.63, 3.8) is 0 Å². The minimum Gasteiger partial charge on any atom is -0.380 e. The summed E-state index contributed by atoms with van der Waals surface area (Å²) in [7, 11) is 6.65. The van der Waals surface area contributed by atoms with Gasteiger partial charge in [0.15, 0.2) is 0 Å². The number of rotatable bonds is 10. The van der Waals surface area contributed by atoms with Crippen LogP contribution in [0.1, 0.15) is 0 Å². The van der Waals surface area contributed by atoms with Crippen LogP contribution < -0.4 is 0 Å². The van der Waals surface area contributed by atoms with Gasteiger partial charge in [-0.1, -0.05) is 12.6 Å². The summed E-state index contributed by atoms with van der Waals surface area (Å²) in [6.07, 6.45) is -0.0710. The van der Waals surface area contributed by atoms with Crippen LogP contribution in [0.15, 0.2) is 0 Å². The van der Waals surface area contributed by atoms with Gasteiger partial charge in [-0.05, 0) is 0 Å². The van der Waals surface area contributed by atoms with Gasteiger partial charge in [0.2, 0.25) is 0 Å². The molecule has 4 radical (unpaired) electrons. The van der Waals surface area contributed by atoms with E-state index in [9.17, 15) is 9.13 Å². The molecule has 0 aromatic rings. The number of methoxy groups -OCH3 is 2. The first-order chi connectivity index (χ1) is 9.99. The van der Waals surface area contributed by atoms with Gasteiger partial charge in [0.25, 0.3) is 0 Å². The molecule has 22 heavy (non-hydrogen) atoms. The van der Waals surface area contributed by atoms with Crippen molar-refractivity contribution >= 4 is 30.9 Å². The molecule has 0 saturated carbocycles. The number of ether oxygens (including phenoxy) is 2. The molecule has 0 saturated heterocycles. The van der Waals surface area contributed by atoms with Gasteiger partial charge in [-0.25, -0.2) is 0 Å². The molecule has 0 aliphatic carbocycles. The fourth-order valence-corrected chi connectivity index (χ4v) is 1.79. The molecule has 2 N–H and O–H groups in total. The molecular weight excluding hydrogens is 332 g/mol. The van der Waals surface area contributed by atoms with E-state index in [1.807, 2.05) is 0 Å². The van der Waals surface area contributed by atoms with Crippen molar-refractivity contribution in [1.82, 2.24) is 0 Å². The molecule has 0 heterocycles. The highest BCUT2D eigenvalue weighted by Crippen LogP contribution is 2.37. The molecule has 0 amide bonds. The van der Waals surface area contributed by atoms with Crippen molar-refractivity contribution in [1.29, 1.82) is 0 Å². The Labute approximate surface area is 134 Å². The average Bonchev–Trinajstić information content (AvgIpc) is 2.39. The van der Waals surface area contributed by atoms with Crippen molar-refractivity contribution in [2.24, 2.45) is 0 Å². The van der Waals surface area contributed by atoms with Gasteiger partial charge in [-0.15, -0.1) is 0 Å². The third-order valence-electron chi connectivity index (χ3n) is 2.19. The second kappa shape index (κ2) is 12.7. The molecule has 12 heteroatoms. The summed E-state index contributed by atoms with van der Waals surface area (Å²) in [6, 6.07) is 0. The highest BCUT2D eigenvalue weighted by molar-refractivity contribution is 7.52. The lowest BCUT2D eigenvalue weighted by Gasteiger charge is -2.14. The first-order valence-electron chi connectivity index (χ1n) is 6.34. The predicted octanol–water partition coefficient (Wildman–Crippen LogP) is 0.840. The van der Waals surface area contributed by atoms with Gasteiger partial charge < -0.3 is 28.3 Å². The van der Waals surface area contributed by atoms with E-state index in [1.54, 1.807) is 0 Å². The molecule has 0 aliphatic rings. The fourth-order valence-electron chi connectivity index (χ4n) is 0.907. The Morgan fingerprint density at radius 1 is 0.864 bits per heavy atom. The van der Waals surface area contributed by atoms with Crippen LogP contribution in [0.3, 0.4) is 0 Å². The van der Waals surface area contributed by atoms with Gasteiger partial charge in [0.05, 0.1) is 41.1 Å². The highest BCUT2D eigenvalue weighted by atomic mass is 31.2. The summed E-state index contributed by atoms with van der Waals surface area (Å²) in [5.74, 6) is 0. The maximum Gasteiger partial charge on any atom is 0.325 e. The van der Waals surface area contributed by atoms with E-state index in [4.69, 9.17) is 35.0 Å². The van der Waals surface area contributed by atoms with E-state index in [1.165, 1.54) is 14.2 Å². The van der Waals surface area contributed by atoms with E-state index in [0.29, 0.717) is 0 Å². The summed E-state index contributed by atoms with van der Waals surface area (Å²) < 4.78 is 40.0. The molecule has 0 aromatic carbocycles. The monoisotopic (exact) mass is 356 g/mol. The van der Waals surface area contributed by atoms with E-state index >= 15 is 0 Å². The largest absolute Gasteiger partial charge is 0.380 e. The fraction of sp³-hybridized carbons (Fsp3) is 1.00. The quantitative estimate of drug-likeness (QED) is 0.438. The Morgan fingerprint density at radius 2 is 1.14 bits per heavy atom. The third-order valence-corrected chi connectivity index (χ3v) is 3.45. The topological polar surface area (TPSA) is 112 Å². The summed E-state index contributed by atoms with van der Waals surface area (Å²) in [6.45, 7) is 2.35. The average molecular weight is 356 g/mol. The lowest BCUT2D eigenvalue weighted by Crippen LogP contribution is -2.16. The molecule has 2 unspecified atom stereocenters. The van der Waals surface area contributed by atoms with Crippen LogP contribution in [0.4, 0.5) is 0 Å². The maximum absolute atomic E-state index is 10.6. The van der Waals surface area contributed by atoms with Gasteiger partial charge >= 0.3 is 15.2 Å². The molecule has 128 valence electrons. The molecule has 8 nitrogen and oxygen atoms in total. The number of hydrogen-bond donors (Lipinski definition) is 2. The summed E-state index contributed by atoms with van der Waals surface area (Å²) in [5.41, 5.74) is 0. The standard InChI is InChI=1S/2C5H12BO4P/c2*1-9-5(3-6)4-10-11(2,7)8/h2*5H,3-4H2,1-2H3,(H,7,8)/t2*5-/m10/s1. The van der Waals surface area contributed by atoms with E-state index < -0.39 is 15.2 Å². The van der Waals surface area contributed by atoms with E-state index in [0.717, 1.165) is 13.3 Å². The maximum atomic E-state index is 10.6. The van der Waals surface area contributed by atoms with Crippen molar-refractivity contribution < 1.29 is 37.4 Å². The molecule has 4 atom stereocenters. The van der Waals surface area contributed by atoms with Crippen LogP contribution in [0, 0.1) is 0 Å². The van der Waals surface area contributed by atoms with Crippen LogP contribution in [-0.4, -0.2) is 78.5 Å². The molecule has 0 rings (SSSR count). The molecule has 0 aromatic heterocycles. The van der Waals surface area contributed by atoms with Crippen molar-refractivity contribution in [3.05, 3.63) is 0 Å². The molecule has 0 bridgehead atoms. The molecule has 0 fully saturated rings. The summed E-state index contributed by atoms with van der Waals surface area (Å²) >= 11 is 0. The Bertz CT molecular complexity index is 317. The van der Waals surface area contributed by atoms with Crippen LogP contribution in [0.5, 0.6) is 0 Å². The Morgan fingerprint density at radius 3 is 1.27 bits per heavy atom. The smallest absolute Gasteiger partial charge is 0.325 e. The zero-order valence-corrected chi connectivity index (χ0v) is 15.2. The third kappa shape index (κ3) is 18.4. The predicted molar refractivity (Wildman–Crippen MR) is 86.1 cm³/mol. The minimum atomic E-state index is -3.38. The lowest BCUT2D eigenvalue weighted by atomic mass is 10.0. The van der Waals surface area contributed by atoms with Crippen molar-refractivity contribution in [2.45, 2.75) is 24.8 Å². The van der Waals surface area contributed by atoms with Crippen LogP contribution in [-0.2, 0) is 27.7 Å². The van der Waals surface area contributed by atoms with Crippen LogP contribution in [0.2, 0.25) is 12.6 Å². The molecule has 0 aliphatic heterocycles. The Hall–Kier alpha value is 0.350. The normalized spacial score (nSPS) is 19.2. The van der Waals surface area contributed by atoms with E-state index in [2.05, 4.69) is 9.05 Å². The molecule has 0 spiro atoms. The Kier molecular flexibility index (Phi) is 14.2. The summed E-state index contributed by atoms with van der Waals surface area (Å²) in [5, 5.41) is 0. The zero-order chi connectivity index (χ0) is 17.8. The molecular formula is C10H24B2O8P2. The summed E-state index contributed by atoms with van der Waals surface area (Å²) in [4.78, 5) is 17.4. The highest BCUT2D eigenvalue weighted by Gasteiger charge is 2.14. The second-order valence-electron chi connectivity index (χ2n) is 4.38. The van der Waals surface area contributed by atoms with Gasteiger partial charge in [-0.2, -0.15) is 0 Å². The van der Waals surface area contributed by atoms with E-state index in [-0.39, 0.29) is 38.1 Å².